The number of hydrogen-bond acceptors (Lipinski definition) is 4. The topological polar surface area (TPSA) is 48.7 Å². The molecule has 28 heavy (non-hydrogen) atoms. The average molecular weight is 380 g/mol. The molecular weight excluding hydrogens is 352 g/mol. The van der Waals surface area contributed by atoms with Crippen molar-refractivity contribution in [2.24, 2.45) is 0 Å². The molecule has 0 spiro atoms. The van der Waals surface area contributed by atoms with E-state index in [0.29, 0.717) is 33.4 Å². The Morgan fingerprint density at radius 1 is 0.857 bits per heavy atom. The maximum absolute atomic E-state index is 13.1. The maximum Gasteiger partial charge on any atom is 0.204 e. The van der Waals surface area contributed by atoms with E-state index in [4.69, 9.17) is 13.9 Å². The third kappa shape index (κ3) is 3.96. The summed E-state index contributed by atoms with van der Waals surface area (Å²) in [5.74, 6) is 1.21. The lowest BCUT2D eigenvalue weighted by molar-refractivity contribution is 0.415. The molecule has 0 amide bonds. The number of fused-ring (bicyclic) bond motifs is 4. The van der Waals surface area contributed by atoms with Crippen LogP contribution in [-0.4, -0.2) is 14.2 Å². The van der Waals surface area contributed by atoms with Gasteiger partial charge in [-0.3, -0.25) is 4.79 Å². The van der Waals surface area contributed by atoms with Gasteiger partial charge in [-0.1, -0.05) is 52.3 Å². The van der Waals surface area contributed by atoms with Gasteiger partial charge in [0.05, 0.1) is 19.6 Å². The van der Waals surface area contributed by atoms with Crippen LogP contribution in [0.2, 0.25) is 0 Å². The molecule has 1 aromatic heterocycles. The summed E-state index contributed by atoms with van der Waals surface area (Å²) in [7, 11) is 3.15. The molecule has 4 rings (SSSR count). The van der Waals surface area contributed by atoms with Crippen molar-refractivity contribution in [3.05, 3.63) is 58.8 Å². The predicted octanol–water partition coefficient (Wildman–Crippen LogP) is 6.56. The maximum atomic E-state index is 13.1. The van der Waals surface area contributed by atoms with Crippen LogP contribution < -0.4 is 14.9 Å². The molecule has 0 aliphatic carbocycles. The molecule has 0 saturated carbocycles. The second-order valence-corrected chi connectivity index (χ2v) is 6.00. The van der Waals surface area contributed by atoms with Crippen molar-refractivity contribution in [2.75, 3.05) is 14.2 Å². The van der Waals surface area contributed by atoms with Crippen LogP contribution in [0.25, 0.3) is 32.7 Å². The summed E-state index contributed by atoms with van der Waals surface area (Å²) in [5.41, 5.74) is 0.971. The Hall–Kier alpha value is -3.01. The molecular formula is C24H28O4. The first-order valence-electron chi connectivity index (χ1n) is 9.64. The van der Waals surface area contributed by atoms with Crippen molar-refractivity contribution < 1.29 is 13.9 Å². The normalized spacial score (nSPS) is 10.1. The van der Waals surface area contributed by atoms with Gasteiger partial charge in [-0.2, -0.15) is 0 Å². The second kappa shape index (κ2) is 9.79. The van der Waals surface area contributed by atoms with E-state index in [2.05, 4.69) is 13.8 Å². The Kier molecular flexibility index (Phi) is 7.44. The zero-order valence-corrected chi connectivity index (χ0v) is 17.5. The number of hydrogen-bond donors (Lipinski definition) is 0. The van der Waals surface area contributed by atoms with Gasteiger partial charge in [0.1, 0.15) is 28.1 Å². The molecule has 4 aromatic rings. The zero-order valence-electron chi connectivity index (χ0n) is 17.5. The molecule has 0 N–H and O–H groups in total. The van der Waals surface area contributed by atoms with Gasteiger partial charge in [0, 0.05) is 5.39 Å². The lowest BCUT2D eigenvalue weighted by Gasteiger charge is -2.08. The first kappa shape index (κ1) is 21.3. The largest absolute Gasteiger partial charge is 0.497 e. The van der Waals surface area contributed by atoms with Gasteiger partial charge in [-0.15, -0.1) is 0 Å². The average Bonchev–Trinajstić information content (AvgIpc) is 2.74. The number of benzene rings is 3. The van der Waals surface area contributed by atoms with E-state index >= 15 is 0 Å². The highest BCUT2D eigenvalue weighted by molar-refractivity contribution is 6.09. The van der Waals surface area contributed by atoms with E-state index in [1.807, 2.05) is 44.2 Å². The van der Waals surface area contributed by atoms with Gasteiger partial charge < -0.3 is 13.9 Å². The lowest BCUT2D eigenvalue weighted by Crippen LogP contribution is -2.04. The molecule has 0 fully saturated rings. The molecule has 4 nitrogen and oxygen atoms in total. The Labute approximate surface area is 165 Å². The molecule has 0 bridgehead atoms. The molecule has 0 aliphatic heterocycles. The van der Waals surface area contributed by atoms with E-state index < -0.39 is 0 Å². The number of methoxy groups -OCH3 is 2. The Balaban J connectivity index is 0.000000514. The molecule has 0 aliphatic rings. The summed E-state index contributed by atoms with van der Waals surface area (Å²) in [6, 6.07) is 14.8. The minimum atomic E-state index is -0.0995. The molecule has 0 unspecified atom stereocenters. The van der Waals surface area contributed by atoms with Gasteiger partial charge in [0.15, 0.2) is 0 Å². The Morgan fingerprint density at radius 3 is 2.14 bits per heavy atom. The molecule has 0 radical (unpaired) electrons. The van der Waals surface area contributed by atoms with Gasteiger partial charge in [-0.25, -0.2) is 0 Å². The monoisotopic (exact) mass is 380 g/mol. The quantitative estimate of drug-likeness (QED) is 0.292. The van der Waals surface area contributed by atoms with Crippen molar-refractivity contribution in [1.82, 2.24) is 0 Å². The highest BCUT2D eigenvalue weighted by Crippen LogP contribution is 2.31. The first-order valence-corrected chi connectivity index (χ1v) is 9.64. The van der Waals surface area contributed by atoms with E-state index in [9.17, 15) is 4.79 Å². The van der Waals surface area contributed by atoms with Crippen molar-refractivity contribution in [3.8, 4) is 11.5 Å². The fourth-order valence-electron chi connectivity index (χ4n) is 2.96. The van der Waals surface area contributed by atoms with Crippen LogP contribution >= 0.6 is 0 Å². The van der Waals surface area contributed by atoms with Crippen LogP contribution in [0.1, 0.15) is 34.1 Å². The summed E-state index contributed by atoms with van der Waals surface area (Å²) in [5, 5.41) is 2.76. The lowest BCUT2D eigenvalue weighted by atomic mass is 10.0. The number of rotatable bonds is 2. The molecule has 4 heteroatoms. The van der Waals surface area contributed by atoms with Crippen molar-refractivity contribution in [3.63, 3.8) is 0 Å². The van der Waals surface area contributed by atoms with E-state index in [1.165, 1.54) is 6.42 Å². The second-order valence-electron chi connectivity index (χ2n) is 6.00. The van der Waals surface area contributed by atoms with Crippen molar-refractivity contribution >= 4 is 32.7 Å². The van der Waals surface area contributed by atoms with Crippen molar-refractivity contribution in [2.45, 2.75) is 34.1 Å². The van der Waals surface area contributed by atoms with E-state index in [1.54, 1.807) is 32.4 Å². The fourth-order valence-corrected chi connectivity index (χ4v) is 2.96. The summed E-state index contributed by atoms with van der Waals surface area (Å²) in [6.45, 7) is 8.25. The third-order valence-corrected chi connectivity index (χ3v) is 4.07. The minimum absolute atomic E-state index is 0.0995. The summed E-state index contributed by atoms with van der Waals surface area (Å²) >= 11 is 0. The van der Waals surface area contributed by atoms with Gasteiger partial charge >= 0.3 is 0 Å². The van der Waals surface area contributed by atoms with Crippen molar-refractivity contribution in [1.29, 1.82) is 0 Å². The van der Waals surface area contributed by atoms with E-state index in [0.717, 1.165) is 10.8 Å². The predicted molar refractivity (Wildman–Crippen MR) is 118 cm³/mol. The zero-order chi connectivity index (χ0) is 20.7. The van der Waals surface area contributed by atoms with Crippen LogP contribution in [0.15, 0.2) is 57.7 Å². The highest BCUT2D eigenvalue weighted by Gasteiger charge is 2.14. The molecule has 1 heterocycles. The van der Waals surface area contributed by atoms with E-state index in [-0.39, 0.29) is 5.43 Å². The van der Waals surface area contributed by atoms with Gasteiger partial charge in [-0.05, 0) is 35.7 Å². The third-order valence-electron chi connectivity index (χ3n) is 4.07. The Morgan fingerprint density at radius 2 is 1.50 bits per heavy atom. The summed E-state index contributed by atoms with van der Waals surface area (Å²) in [6.07, 6.45) is 1.25. The standard InChI is InChI=1S/C19H14O4.C3H8.C2H6/c1-21-12-8-6-11-7-9-16-17(13(11)10-12)19(20)18-14(22-2)4-3-5-15(18)23-16;1-3-2;1-2/h3-10H,1-2H3;3H2,1-2H3;1-2H3. The molecule has 3 aromatic carbocycles. The van der Waals surface area contributed by atoms with Crippen LogP contribution in [0, 0.1) is 0 Å². The fraction of sp³-hybridized carbons (Fsp3) is 0.292. The SMILES string of the molecule is CC.CCC.COc1ccc2ccc3oc4cccc(OC)c4c(=O)c3c2c1. The van der Waals surface area contributed by atoms with Gasteiger partial charge in [0.2, 0.25) is 5.43 Å². The van der Waals surface area contributed by atoms with Crippen LogP contribution in [0.4, 0.5) is 0 Å². The van der Waals surface area contributed by atoms with Gasteiger partial charge in [0.25, 0.3) is 0 Å². The number of ether oxygens (including phenoxy) is 2. The molecule has 0 saturated heterocycles. The van der Waals surface area contributed by atoms with Crippen LogP contribution in [0.5, 0.6) is 11.5 Å². The summed E-state index contributed by atoms with van der Waals surface area (Å²) in [4.78, 5) is 13.1. The van der Waals surface area contributed by atoms with Crippen LogP contribution in [-0.2, 0) is 0 Å². The Bertz CT molecular complexity index is 1130. The van der Waals surface area contributed by atoms with Crippen LogP contribution in [0.3, 0.4) is 0 Å². The molecule has 148 valence electrons. The first-order chi connectivity index (χ1) is 13.6. The highest BCUT2D eigenvalue weighted by atomic mass is 16.5. The summed E-state index contributed by atoms with van der Waals surface area (Å²) < 4.78 is 16.5. The minimum Gasteiger partial charge on any atom is -0.497 e. The molecule has 0 atom stereocenters. The smallest absolute Gasteiger partial charge is 0.204 e.